The molecule has 1 atom stereocenters. The lowest BCUT2D eigenvalue weighted by atomic mass is 9.97. The molecular formula is C27H27N2O5P. The van der Waals surface area contributed by atoms with Gasteiger partial charge in [-0.15, -0.1) is 0 Å². The quantitative estimate of drug-likeness (QED) is 0.301. The number of fused-ring (bicyclic) bond motifs is 1. The molecule has 0 aromatic heterocycles. The van der Waals surface area contributed by atoms with Crippen molar-refractivity contribution in [2.75, 3.05) is 13.2 Å². The van der Waals surface area contributed by atoms with Crippen molar-refractivity contribution >= 4 is 24.3 Å². The van der Waals surface area contributed by atoms with Crippen molar-refractivity contribution in [2.45, 2.75) is 26.4 Å². The Bertz CT molecular complexity index is 1310. The molecule has 5 rings (SSSR count). The molecule has 0 radical (unpaired) electrons. The largest absolute Gasteiger partial charge is 0.460 e. The molecule has 2 aliphatic heterocycles. The Morgan fingerprint density at radius 1 is 0.914 bits per heavy atom. The van der Waals surface area contributed by atoms with Crippen LogP contribution in [0.15, 0.2) is 94.9 Å². The Morgan fingerprint density at radius 2 is 1.54 bits per heavy atom. The van der Waals surface area contributed by atoms with Crippen molar-refractivity contribution in [2.24, 2.45) is 15.6 Å². The van der Waals surface area contributed by atoms with Gasteiger partial charge < -0.3 is 18.9 Å². The van der Waals surface area contributed by atoms with Gasteiger partial charge in [0, 0.05) is 17.4 Å². The van der Waals surface area contributed by atoms with Crippen LogP contribution in [-0.2, 0) is 13.6 Å². The molecule has 3 aromatic carbocycles. The lowest BCUT2D eigenvalue weighted by Crippen LogP contribution is -2.30. The minimum Gasteiger partial charge on any atom is -0.460 e. The molecule has 3 aromatic rings. The second kappa shape index (κ2) is 9.51. The molecule has 35 heavy (non-hydrogen) atoms. The van der Waals surface area contributed by atoms with Crippen LogP contribution < -0.4 is 4.74 Å². The molecule has 0 amide bonds. The molecule has 0 aliphatic carbocycles. The maximum absolute atomic E-state index is 13.9. The first-order valence-electron chi connectivity index (χ1n) is 11.5. The lowest BCUT2D eigenvalue weighted by molar-refractivity contribution is 0.0464. The van der Waals surface area contributed by atoms with Crippen LogP contribution in [0.3, 0.4) is 0 Å². The van der Waals surface area contributed by atoms with Gasteiger partial charge >= 0.3 is 7.60 Å². The molecule has 2 aliphatic rings. The maximum Gasteiger partial charge on any atom is 0.365 e. The first-order chi connectivity index (χ1) is 16.8. The summed E-state index contributed by atoms with van der Waals surface area (Å²) in [6, 6.07) is 23.9. The highest BCUT2D eigenvalue weighted by Crippen LogP contribution is 2.65. The number of aliphatic hydroxyl groups excluding tert-OH is 1. The van der Waals surface area contributed by atoms with Gasteiger partial charge in [0.15, 0.2) is 0 Å². The first kappa shape index (κ1) is 23.6. The number of nitrogens with zero attached hydrogens (tertiary/aromatic N) is 2. The molecule has 1 unspecified atom stereocenters. The predicted molar refractivity (Wildman–Crippen MR) is 134 cm³/mol. The summed E-state index contributed by atoms with van der Waals surface area (Å²) < 4.78 is 31.9. The average Bonchev–Trinajstić information content (AvgIpc) is 2.86. The number of hydrogen-bond donors (Lipinski definition) is 1. The maximum atomic E-state index is 13.9. The third-order valence-corrected chi connectivity index (χ3v) is 7.83. The summed E-state index contributed by atoms with van der Waals surface area (Å²) in [6.45, 7) is 4.58. The third kappa shape index (κ3) is 5.14. The van der Waals surface area contributed by atoms with Crippen LogP contribution in [0, 0.1) is 5.41 Å². The van der Waals surface area contributed by atoms with Crippen molar-refractivity contribution in [1.29, 1.82) is 0 Å². The fraction of sp³-hybridized carbons (Fsp3) is 0.259. The van der Waals surface area contributed by atoms with E-state index < -0.39 is 13.7 Å². The lowest BCUT2D eigenvalue weighted by Gasteiger charge is -2.36. The molecular weight excluding hydrogens is 463 g/mol. The average molecular weight is 490 g/mol. The molecule has 1 fully saturated rings. The van der Waals surface area contributed by atoms with Crippen LogP contribution in [0.2, 0.25) is 0 Å². The van der Waals surface area contributed by atoms with Crippen LogP contribution in [-0.4, -0.2) is 18.3 Å². The van der Waals surface area contributed by atoms with Gasteiger partial charge in [-0.05, 0) is 35.9 Å². The molecule has 0 spiro atoms. The topological polar surface area (TPSA) is 89.7 Å². The molecule has 1 N–H and O–H groups in total. The number of hydrogen-bond acceptors (Lipinski definition) is 7. The van der Waals surface area contributed by atoms with Crippen molar-refractivity contribution in [3.63, 3.8) is 0 Å². The summed E-state index contributed by atoms with van der Waals surface area (Å²) in [5, 5.41) is 19.9. The fourth-order valence-corrected chi connectivity index (χ4v) is 6.24. The van der Waals surface area contributed by atoms with E-state index in [0.717, 1.165) is 5.69 Å². The summed E-state index contributed by atoms with van der Waals surface area (Å²) in [7, 11) is -3.68. The summed E-state index contributed by atoms with van der Waals surface area (Å²) in [5.74, 6) is 0.840. The second-order valence-electron chi connectivity index (χ2n) is 9.43. The molecule has 7 nitrogen and oxygen atoms in total. The molecule has 2 heterocycles. The van der Waals surface area contributed by atoms with Gasteiger partial charge in [0.2, 0.25) is 0 Å². The highest BCUT2D eigenvalue weighted by atomic mass is 31.2. The fourth-order valence-electron chi connectivity index (χ4n) is 3.96. The summed E-state index contributed by atoms with van der Waals surface area (Å²) in [6.07, 6.45) is -0.761. The minimum absolute atomic E-state index is 0.122. The predicted octanol–water partition coefficient (Wildman–Crippen LogP) is 7.55. The van der Waals surface area contributed by atoms with Gasteiger partial charge in [-0.1, -0.05) is 62.4 Å². The third-order valence-electron chi connectivity index (χ3n) is 5.84. The van der Waals surface area contributed by atoms with Gasteiger partial charge in [-0.2, -0.15) is 10.2 Å². The Hall–Kier alpha value is -3.09. The van der Waals surface area contributed by atoms with Crippen molar-refractivity contribution in [3.8, 4) is 5.75 Å². The van der Waals surface area contributed by atoms with Gasteiger partial charge in [0.25, 0.3) is 0 Å². The van der Waals surface area contributed by atoms with E-state index in [-0.39, 0.29) is 11.8 Å². The SMILES string of the molecule is CC1(C)COP(=O)(/C(=C2/CC(O)c3cc(N=Nc4ccccc4)ccc3O2)c2ccccc2)OC1. The molecule has 8 heteroatoms. The van der Waals surface area contributed by atoms with E-state index in [2.05, 4.69) is 10.2 Å². The summed E-state index contributed by atoms with van der Waals surface area (Å²) in [4.78, 5) is 0. The highest BCUT2D eigenvalue weighted by molar-refractivity contribution is 7.65. The molecule has 0 bridgehead atoms. The van der Waals surface area contributed by atoms with E-state index in [0.29, 0.717) is 46.9 Å². The van der Waals surface area contributed by atoms with Gasteiger partial charge in [-0.25, -0.2) is 0 Å². The summed E-state index contributed by atoms with van der Waals surface area (Å²) in [5.41, 5.74) is 2.36. The van der Waals surface area contributed by atoms with Gasteiger partial charge in [0.1, 0.15) is 16.8 Å². The number of aliphatic hydroxyl groups is 1. The van der Waals surface area contributed by atoms with E-state index >= 15 is 0 Å². The van der Waals surface area contributed by atoms with Gasteiger partial charge in [-0.3, -0.25) is 4.57 Å². The van der Waals surface area contributed by atoms with Crippen LogP contribution in [0.1, 0.15) is 37.5 Å². The van der Waals surface area contributed by atoms with E-state index in [1.807, 2.05) is 74.5 Å². The molecule has 1 saturated heterocycles. The Labute approximate surface area is 204 Å². The van der Waals surface area contributed by atoms with Crippen LogP contribution in [0.4, 0.5) is 11.4 Å². The second-order valence-corrected chi connectivity index (χ2v) is 11.4. The normalized spacial score (nSPS) is 22.3. The zero-order chi connectivity index (χ0) is 24.5. The van der Waals surface area contributed by atoms with E-state index in [9.17, 15) is 9.67 Å². The highest BCUT2D eigenvalue weighted by Gasteiger charge is 2.43. The van der Waals surface area contributed by atoms with Crippen molar-refractivity contribution < 1.29 is 23.5 Å². The Kier molecular flexibility index (Phi) is 6.43. The van der Waals surface area contributed by atoms with E-state index in [1.54, 1.807) is 18.2 Å². The number of ether oxygens (including phenoxy) is 1. The monoisotopic (exact) mass is 490 g/mol. The smallest absolute Gasteiger partial charge is 0.365 e. The van der Waals surface area contributed by atoms with E-state index in [4.69, 9.17) is 13.8 Å². The zero-order valence-corrected chi connectivity index (χ0v) is 20.5. The molecule has 0 saturated carbocycles. The number of benzene rings is 3. The zero-order valence-electron chi connectivity index (χ0n) is 19.6. The Morgan fingerprint density at radius 3 is 2.23 bits per heavy atom. The number of azo groups is 1. The van der Waals surface area contributed by atoms with Gasteiger partial charge in [0.05, 0.1) is 30.7 Å². The number of rotatable bonds is 4. The Balaban J connectivity index is 1.50. The summed E-state index contributed by atoms with van der Waals surface area (Å²) >= 11 is 0. The van der Waals surface area contributed by atoms with Crippen LogP contribution in [0.5, 0.6) is 5.75 Å². The molecule has 180 valence electrons. The van der Waals surface area contributed by atoms with Crippen LogP contribution in [0.25, 0.3) is 5.31 Å². The van der Waals surface area contributed by atoms with Crippen molar-refractivity contribution in [3.05, 3.63) is 95.7 Å². The minimum atomic E-state index is -3.68. The first-order valence-corrected chi connectivity index (χ1v) is 13.0. The van der Waals surface area contributed by atoms with Crippen molar-refractivity contribution in [1.82, 2.24) is 0 Å². The van der Waals surface area contributed by atoms with E-state index in [1.165, 1.54) is 0 Å². The standard InChI is InChI=1S/C27H27N2O5P/c1-27(2)17-32-35(31,33-18-27)26(19-9-5-3-6-10-19)25-16-23(30)22-15-21(13-14-24(22)34-25)29-28-20-11-7-4-8-12-20/h3-15,23,30H,16-18H2,1-2H3/b26-25-,29-28?. The van der Waals surface area contributed by atoms with Crippen LogP contribution >= 0.6 is 7.60 Å².